The van der Waals surface area contributed by atoms with E-state index in [1.54, 1.807) is 0 Å². The standard InChI is InChI=1S/C33H29N3O2/c37-31-27-17-29-32(18-22-14-15-23-10-4-5-11-24(23)16-22)33(38-29)25-12-6-7-13-26(25)34-30(33)28(36(27)32)20-35(31)19-21-8-2-1-3-9-21/h1-16,27-30,34H,17-20H2/t27-,28-,29?,30?,32?,33?/m0/s1. The summed E-state index contributed by atoms with van der Waals surface area (Å²) >= 11 is 0. The Kier molecular flexibility index (Phi) is 4.06. The van der Waals surface area contributed by atoms with Crippen LogP contribution in [0.3, 0.4) is 0 Å². The SMILES string of the molecule is O=C1[C@@H]2CC3OC45c6ccccc6NC4[C@H](CN1Cc1ccccc1)N2C35Cc1ccc2ccccc2c1. The number of nitrogens with one attached hydrogen (secondary N) is 1. The van der Waals surface area contributed by atoms with Gasteiger partial charge in [-0.15, -0.1) is 0 Å². The van der Waals surface area contributed by atoms with E-state index in [9.17, 15) is 4.79 Å². The fourth-order valence-corrected chi connectivity index (χ4v) is 8.75. The molecule has 4 aromatic rings. The van der Waals surface area contributed by atoms with Crippen LogP contribution in [0.25, 0.3) is 10.8 Å². The van der Waals surface area contributed by atoms with E-state index in [0.29, 0.717) is 13.1 Å². The van der Waals surface area contributed by atoms with Crippen molar-refractivity contribution in [3.63, 3.8) is 0 Å². The van der Waals surface area contributed by atoms with Crippen molar-refractivity contribution < 1.29 is 9.53 Å². The highest BCUT2D eigenvalue weighted by atomic mass is 16.6. The Bertz CT molecular complexity index is 1620. The number of carbonyl (C=O) groups excluding carboxylic acids is 1. The summed E-state index contributed by atoms with van der Waals surface area (Å²) in [6.45, 7) is 1.38. The monoisotopic (exact) mass is 499 g/mol. The largest absolute Gasteiger partial charge is 0.377 e. The molecule has 5 heteroatoms. The van der Waals surface area contributed by atoms with E-state index in [-0.39, 0.29) is 35.7 Å². The lowest BCUT2D eigenvalue weighted by Gasteiger charge is -2.59. The fraction of sp³-hybridized carbons (Fsp3) is 0.303. The first-order valence-electron chi connectivity index (χ1n) is 13.8. The zero-order valence-corrected chi connectivity index (χ0v) is 21.1. The summed E-state index contributed by atoms with van der Waals surface area (Å²) in [7, 11) is 0. The van der Waals surface area contributed by atoms with Gasteiger partial charge in [-0.1, -0.05) is 91.0 Å². The van der Waals surface area contributed by atoms with Gasteiger partial charge in [0.05, 0.1) is 29.8 Å². The molecule has 4 saturated heterocycles. The number of anilines is 1. The molecule has 4 aromatic carbocycles. The minimum atomic E-state index is -0.442. The molecule has 1 amide bonds. The fourth-order valence-electron chi connectivity index (χ4n) is 8.75. The smallest absolute Gasteiger partial charge is 0.240 e. The highest BCUT2D eigenvalue weighted by molar-refractivity contribution is 5.86. The molecule has 4 unspecified atom stereocenters. The van der Waals surface area contributed by atoms with E-state index >= 15 is 0 Å². The second-order valence-electron chi connectivity index (χ2n) is 11.7. The predicted octanol–water partition coefficient (Wildman–Crippen LogP) is 4.71. The van der Waals surface area contributed by atoms with Gasteiger partial charge in [-0.25, -0.2) is 0 Å². The number of piperazine rings is 1. The lowest BCUT2D eigenvalue weighted by Crippen LogP contribution is -2.74. The molecule has 5 heterocycles. The average molecular weight is 500 g/mol. The molecule has 38 heavy (non-hydrogen) atoms. The summed E-state index contributed by atoms with van der Waals surface area (Å²) in [5.74, 6) is 0.254. The predicted molar refractivity (Wildman–Crippen MR) is 147 cm³/mol. The number of carbonyl (C=O) groups is 1. The molecule has 5 aliphatic rings. The van der Waals surface area contributed by atoms with Gasteiger partial charge >= 0.3 is 0 Å². The van der Waals surface area contributed by atoms with Crippen molar-refractivity contribution in [1.82, 2.24) is 9.80 Å². The topological polar surface area (TPSA) is 44.8 Å². The number of fused-ring (bicyclic) bond motifs is 3. The zero-order valence-electron chi connectivity index (χ0n) is 21.1. The highest BCUT2D eigenvalue weighted by Gasteiger charge is 2.86. The van der Waals surface area contributed by atoms with E-state index < -0.39 is 5.60 Å². The van der Waals surface area contributed by atoms with Crippen molar-refractivity contribution >= 4 is 22.4 Å². The lowest BCUT2D eigenvalue weighted by atomic mass is 9.64. The molecule has 0 saturated carbocycles. The molecule has 188 valence electrons. The van der Waals surface area contributed by atoms with Crippen molar-refractivity contribution in [2.45, 2.75) is 54.8 Å². The molecule has 0 aliphatic carbocycles. The summed E-state index contributed by atoms with van der Waals surface area (Å²) < 4.78 is 7.02. The molecule has 5 aliphatic heterocycles. The van der Waals surface area contributed by atoms with Gasteiger partial charge in [0.15, 0.2) is 0 Å². The van der Waals surface area contributed by atoms with Crippen molar-refractivity contribution in [2.75, 3.05) is 11.9 Å². The number of para-hydroxylation sites is 1. The highest BCUT2D eigenvalue weighted by Crippen LogP contribution is 2.71. The van der Waals surface area contributed by atoms with Crippen LogP contribution in [0.1, 0.15) is 23.1 Å². The van der Waals surface area contributed by atoms with Crippen LogP contribution in [0.15, 0.2) is 97.1 Å². The van der Waals surface area contributed by atoms with Gasteiger partial charge in [0.2, 0.25) is 5.91 Å². The lowest BCUT2D eigenvalue weighted by molar-refractivity contribution is -0.279. The number of hydrogen-bond acceptors (Lipinski definition) is 4. The van der Waals surface area contributed by atoms with E-state index in [4.69, 9.17) is 4.74 Å². The van der Waals surface area contributed by atoms with Crippen LogP contribution in [0.2, 0.25) is 0 Å². The Hall–Kier alpha value is -3.67. The number of hydrogen-bond donors (Lipinski definition) is 1. The maximum absolute atomic E-state index is 14.0. The first-order valence-corrected chi connectivity index (χ1v) is 13.8. The number of nitrogens with zero attached hydrogens (tertiary/aromatic N) is 2. The Balaban J connectivity index is 1.18. The second kappa shape index (κ2) is 7.25. The molecule has 6 atom stereocenters. The molecule has 1 spiro atoms. The summed E-state index contributed by atoms with van der Waals surface area (Å²) in [6.07, 6.45) is 1.69. The Morgan fingerprint density at radius 3 is 2.55 bits per heavy atom. The van der Waals surface area contributed by atoms with Crippen LogP contribution in [0, 0.1) is 0 Å². The van der Waals surface area contributed by atoms with E-state index in [1.807, 2.05) is 6.07 Å². The number of rotatable bonds is 4. The van der Waals surface area contributed by atoms with E-state index in [1.165, 1.54) is 33.2 Å². The summed E-state index contributed by atoms with van der Waals surface area (Å²) in [5, 5.41) is 6.42. The normalized spacial score (nSPS) is 34.0. The number of ether oxygens (including phenoxy) is 1. The van der Waals surface area contributed by atoms with E-state index in [0.717, 1.165) is 12.8 Å². The van der Waals surface area contributed by atoms with Crippen molar-refractivity contribution in [3.8, 4) is 0 Å². The molecule has 0 aromatic heterocycles. The van der Waals surface area contributed by atoms with E-state index in [2.05, 4.69) is 106 Å². The van der Waals surface area contributed by atoms with Crippen molar-refractivity contribution in [1.29, 1.82) is 0 Å². The molecule has 1 N–H and O–H groups in total. The minimum absolute atomic E-state index is 0.0417. The Labute approximate surface area is 222 Å². The summed E-state index contributed by atoms with van der Waals surface area (Å²) in [6, 6.07) is 34.7. The van der Waals surface area contributed by atoms with Crippen LogP contribution >= 0.6 is 0 Å². The molecule has 5 nitrogen and oxygen atoms in total. The maximum Gasteiger partial charge on any atom is 0.240 e. The van der Waals surface area contributed by atoms with Crippen LogP contribution in [0.5, 0.6) is 0 Å². The quantitative estimate of drug-likeness (QED) is 0.442. The Morgan fingerprint density at radius 1 is 0.868 bits per heavy atom. The minimum Gasteiger partial charge on any atom is -0.377 e. The van der Waals surface area contributed by atoms with Gasteiger partial charge in [-0.05, 0) is 34.4 Å². The van der Waals surface area contributed by atoms with Gasteiger partial charge in [-0.2, -0.15) is 0 Å². The number of amides is 1. The first kappa shape index (κ1) is 21.3. The van der Waals surface area contributed by atoms with Gasteiger partial charge in [0.25, 0.3) is 0 Å². The van der Waals surface area contributed by atoms with Crippen LogP contribution in [-0.2, 0) is 28.1 Å². The molecule has 0 radical (unpaired) electrons. The van der Waals surface area contributed by atoms with Crippen LogP contribution in [-0.4, -0.2) is 52.0 Å². The molecule has 4 fully saturated rings. The van der Waals surface area contributed by atoms with Gasteiger partial charge in [-0.3, -0.25) is 9.69 Å². The maximum atomic E-state index is 14.0. The first-order chi connectivity index (χ1) is 18.7. The molecule has 0 bridgehead atoms. The van der Waals surface area contributed by atoms with Crippen molar-refractivity contribution in [3.05, 3.63) is 114 Å². The average Bonchev–Trinajstić information content (AvgIpc) is 3.47. The van der Waals surface area contributed by atoms with Crippen LogP contribution in [0.4, 0.5) is 5.69 Å². The van der Waals surface area contributed by atoms with Gasteiger partial charge in [0.1, 0.15) is 5.60 Å². The van der Waals surface area contributed by atoms with Crippen molar-refractivity contribution in [2.24, 2.45) is 0 Å². The second-order valence-corrected chi connectivity index (χ2v) is 11.7. The van der Waals surface area contributed by atoms with Crippen LogP contribution < -0.4 is 5.32 Å². The Morgan fingerprint density at radius 2 is 1.66 bits per heavy atom. The molecular weight excluding hydrogens is 470 g/mol. The van der Waals surface area contributed by atoms with Gasteiger partial charge < -0.3 is 15.0 Å². The van der Waals surface area contributed by atoms with Gasteiger partial charge in [0, 0.05) is 30.8 Å². The molecule has 9 rings (SSSR count). The molecular formula is C33H29N3O2. The third-order valence-corrected chi connectivity index (χ3v) is 10.1. The third-order valence-electron chi connectivity index (χ3n) is 10.1. The number of benzene rings is 4. The zero-order chi connectivity index (χ0) is 25.1. The summed E-state index contributed by atoms with van der Waals surface area (Å²) in [4.78, 5) is 18.8. The summed E-state index contributed by atoms with van der Waals surface area (Å²) in [5.41, 5.74) is 4.28. The third kappa shape index (κ3) is 2.43.